The van der Waals surface area contributed by atoms with Crippen molar-refractivity contribution < 1.29 is 17.9 Å². The maximum atomic E-state index is 11.8. The Kier molecular flexibility index (Phi) is 3.49. The minimum atomic E-state index is -3.61. The van der Waals surface area contributed by atoms with Gasteiger partial charge in [-0.2, -0.15) is 0 Å². The summed E-state index contributed by atoms with van der Waals surface area (Å²) in [5, 5.41) is 0. The SMILES string of the molecule is CC1(C)OC(=O)C(S(C)(=O)=O)=C1Sc1ccccc1. The van der Waals surface area contributed by atoms with E-state index in [4.69, 9.17) is 4.74 Å². The molecule has 0 bridgehead atoms. The van der Waals surface area contributed by atoms with Crippen LogP contribution in [0.5, 0.6) is 0 Å². The summed E-state index contributed by atoms with van der Waals surface area (Å²) in [5.41, 5.74) is -0.921. The van der Waals surface area contributed by atoms with Gasteiger partial charge in [-0.15, -0.1) is 0 Å². The van der Waals surface area contributed by atoms with E-state index >= 15 is 0 Å². The van der Waals surface area contributed by atoms with Crippen LogP contribution in [-0.2, 0) is 19.4 Å². The van der Waals surface area contributed by atoms with Crippen molar-refractivity contribution in [2.24, 2.45) is 0 Å². The largest absolute Gasteiger partial charge is 0.450 e. The number of hydrogen-bond donors (Lipinski definition) is 0. The average molecular weight is 298 g/mol. The van der Waals surface area contributed by atoms with Crippen LogP contribution in [-0.4, -0.2) is 26.2 Å². The van der Waals surface area contributed by atoms with E-state index in [-0.39, 0.29) is 4.91 Å². The van der Waals surface area contributed by atoms with Gasteiger partial charge >= 0.3 is 5.97 Å². The van der Waals surface area contributed by atoms with Crippen molar-refractivity contribution in [3.63, 3.8) is 0 Å². The van der Waals surface area contributed by atoms with Gasteiger partial charge in [0.15, 0.2) is 14.7 Å². The second-order valence-electron chi connectivity index (χ2n) is 4.75. The molecular weight excluding hydrogens is 284 g/mol. The molecule has 0 unspecified atom stereocenters. The van der Waals surface area contributed by atoms with E-state index in [0.717, 1.165) is 11.2 Å². The summed E-state index contributed by atoms with van der Waals surface area (Å²) in [5.74, 6) is -0.772. The van der Waals surface area contributed by atoms with Crippen molar-refractivity contribution in [1.82, 2.24) is 0 Å². The monoisotopic (exact) mass is 298 g/mol. The molecule has 0 aliphatic carbocycles. The second-order valence-corrected chi connectivity index (χ2v) is 7.78. The van der Waals surface area contributed by atoms with Crippen LogP contribution in [0.1, 0.15) is 13.8 Å². The Morgan fingerprint density at radius 2 is 1.74 bits per heavy atom. The zero-order valence-electron chi connectivity index (χ0n) is 10.8. The third-order valence-electron chi connectivity index (χ3n) is 2.62. The number of carbonyl (C=O) groups is 1. The van der Waals surface area contributed by atoms with Crippen LogP contribution in [0.2, 0.25) is 0 Å². The molecule has 19 heavy (non-hydrogen) atoms. The quantitative estimate of drug-likeness (QED) is 0.802. The lowest BCUT2D eigenvalue weighted by Gasteiger charge is -2.20. The molecule has 4 nitrogen and oxygen atoms in total. The third kappa shape index (κ3) is 2.84. The van der Waals surface area contributed by atoms with Crippen molar-refractivity contribution >= 4 is 27.6 Å². The molecule has 0 aromatic heterocycles. The number of hydrogen-bond acceptors (Lipinski definition) is 5. The highest BCUT2D eigenvalue weighted by atomic mass is 32.2. The first-order valence-corrected chi connectivity index (χ1v) is 8.33. The molecular formula is C13H14O4S2. The van der Waals surface area contributed by atoms with Gasteiger partial charge in [-0.25, -0.2) is 13.2 Å². The van der Waals surface area contributed by atoms with E-state index in [0.29, 0.717) is 4.91 Å². The number of rotatable bonds is 3. The van der Waals surface area contributed by atoms with Gasteiger partial charge in [-0.1, -0.05) is 30.0 Å². The number of cyclic esters (lactones) is 1. The fourth-order valence-corrected chi connectivity index (χ4v) is 4.28. The third-order valence-corrected chi connectivity index (χ3v) is 5.27. The van der Waals surface area contributed by atoms with Gasteiger partial charge in [0, 0.05) is 11.2 Å². The molecule has 0 saturated carbocycles. The van der Waals surface area contributed by atoms with Crippen molar-refractivity contribution in [1.29, 1.82) is 0 Å². The van der Waals surface area contributed by atoms with Gasteiger partial charge < -0.3 is 4.74 Å². The first-order valence-electron chi connectivity index (χ1n) is 5.63. The molecule has 1 aromatic rings. The van der Waals surface area contributed by atoms with Crippen LogP contribution in [0.3, 0.4) is 0 Å². The van der Waals surface area contributed by atoms with Crippen molar-refractivity contribution in [3.8, 4) is 0 Å². The molecule has 6 heteroatoms. The fourth-order valence-electron chi connectivity index (χ4n) is 1.79. The van der Waals surface area contributed by atoms with Crippen LogP contribution < -0.4 is 0 Å². The highest BCUT2D eigenvalue weighted by Crippen LogP contribution is 2.44. The van der Waals surface area contributed by atoms with Crippen LogP contribution in [0, 0.1) is 0 Å². The molecule has 1 aliphatic heterocycles. The van der Waals surface area contributed by atoms with Crippen LogP contribution in [0.25, 0.3) is 0 Å². The van der Waals surface area contributed by atoms with Crippen LogP contribution in [0.4, 0.5) is 0 Å². The molecule has 2 rings (SSSR count). The molecule has 1 aromatic carbocycles. The van der Waals surface area contributed by atoms with E-state index in [1.54, 1.807) is 13.8 Å². The lowest BCUT2D eigenvalue weighted by Crippen LogP contribution is -2.21. The summed E-state index contributed by atoms with van der Waals surface area (Å²) in [6.07, 6.45) is 1.02. The molecule has 0 amide bonds. The molecule has 102 valence electrons. The first-order chi connectivity index (χ1) is 8.72. The zero-order valence-corrected chi connectivity index (χ0v) is 12.5. The lowest BCUT2D eigenvalue weighted by atomic mass is 10.1. The minimum Gasteiger partial charge on any atom is -0.450 e. The number of thioether (sulfide) groups is 1. The Bertz CT molecular complexity index is 642. The maximum absolute atomic E-state index is 11.8. The van der Waals surface area contributed by atoms with Crippen molar-refractivity contribution in [2.45, 2.75) is 24.3 Å². The van der Waals surface area contributed by atoms with E-state index in [2.05, 4.69) is 0 Å². The van der Waals surface area contributed by atoms with E-state index in [9.17, 15) is 13.2 Å². The van der Waals surface area contributed by atoms with E-state index < -0.39 is 21.4 Å². The summed E-state index contributed by atoms with van der Waals surface area (Å²) < 4.78 is 28.7. The molecule has 0 N–H and O–H groups in total. The number of esters is 1. The van der Waals surface area contributed by atoms with Gasteiger partial charge in [-0.3, -0.25) is 0 Å². The predicted molar refractivity (Wildman–Crippen MR) is 74.3 cm³/mol. The summed E-state index contributed by atoms with van der Waals surface area (Å²) in [4.78, 5) is 12.8. The molecule has 1 heterocycles. The van der Waals surface area contributed by atoms with Crippen molar-refractivity contribution in [3.05, 3.63) is 40.1 Å². The Balaban J connectivity index is 2.54. The number of ether oxygens (including phenoxy) is 1. The smallest absolute Gasteiger partial charge is 0.351 e. The molecule has 0 saturated heterocycles. The van der Waals surface area contributed by atoms with Gasteiger partial charge in [0.1, 0.15) is 5.60 Å². The number of benzene rings is 1. The average Bonchev–Trinajstić information content (AvgIpc) is 2.49. The molecule has 1 aliphatic rings. The maximum Gasteiger partial charge on any atom is 0.351 e. The Morgan fingerprint density at radius 1 is 1.16 bits per heavy atom. The summed E-state index contributed by atoms with van der Waals surface area (Å²) in [6, 6.07) is 9.30. The summed E-state index contributed by atoms with van der Waals surface area (Å²) >= 11 is 1.25. The lowest BCUT2D eigenvalue weighted by molar-refractivity contribution is -0.143. The van der Waals surface area contributed by atoms with Crippen LogP contribution in [0.15, 0.2) is 45.0 Å². The molecule has 0 fully saturated rings. The number of carbonyl (C=O) groups excluding carboxylic acids is 1. The summed E-state index contributed by atoms with van der Waals surface area (Å²) in [7, 11) is -3.61. The predicted octanol–water partition coefficient (Wildman–Crippen LogP) is 2.37. The van der Waals surface area contributed by atoms with Crippen LogP contribution >= 0.6 is 11.8 Å². The minimum absolute atomic E-state index is 0.230. The number of sulfone groups is 1. The van der Waals surface area contributed by atoms with Gasteiger partial charge in [0.2, 0.25) is 0 Å². The van der Waals surface area contributed by atoms with Gasteiger partial charge in [0.05, 0.1) is 4.91 Å². The Morgan fingerprint density at radius 3 is 2.26 bits per heavy atom. The van der Waals surface area contributed by atoms with Gasteiger partial charge in [-0.05, 0) is 26.0 Å². The standard InChI is InChI=1S/C13H14O4S2/c1-13(2)11(18-9-7-5-4-6-8-9)10(12(14)17-13)19(3,15)16/h4-8H,1-3H3. The van der Waals surface area contributed by atoms with Gasteiger partial charge in [0.25, 0.3) is 0 Å². The molecule has 0 atom stereocenters. The highest BCUT2D eigenvalue weighted by Gasteiger charge is 2.45. The van der Waals surface area contributed by atoms with E-state index in [1.807, 2.05) is 30.3 Å². The zero-order chi connectivity index (χ0) is 14.3. The van der Waals surface area contributed by atoms with Crippen molar-refractivity contribution in [2.75, 3.05) is 6.26 Å². The summed E-state index contributed by atoms with van der Waals surface area (Å²) in [6.45, 7) is 3.38. The topological polar surface area (TPSA) is 60.4 Å². The fraction of sp³-hybridized carbons (Fsp3) is 0.308. The Labute approximate surface area is 116 Å². The normalized spacial score (nSPS) is 18.6. The molecule has 0 spiro atoms. The second kappa shape index (κ2) is 4.68. The van der Waals surface area contributed by atoms with E-state index in [1.165, 1.54) is 11.8 Å². The first kappa shape index (κ1) is 14.1. The highest BCUT2D eigenvalue weighted by molar-refractivity contribution is 8.04. The Hall–Kier alpha value is -1.27. The molecule has 0 radical (unpaired) electrons.